The van der Waals surface area contributed by atoms with E-state index >= 15 is 0 Å². The minimum Gasteiger partial charge on any atom is -0.440 e. The molecule has 0 radical (unpaired) electrons. The summed E-state index contributed by atoms with van der Waals surface area (Å²) in [4.78, 5) is 16.2. The van der Waals surface area contributed by atoms with Gasteiger partial charge in [0.25, 0.3) is 0 Å². The van der Waals surface area contributed by atoms with Gasteiger partial charge in [0, 0.05) is 11.9 Å². The number of nitrogens with one attached hydrogen (secondary N) is 1. The first-order valence-corrected chi connectivity index (χ1v) is 6.82. The number of fused-ring (bicyclic) bond motifs is 3. The van der Waals surface area contributed by atoms with Crippen molar-refractivity contribution in [2.45, 2.75) is 19.8 Å². The van der Waals surface area contributed by atoms with Crippen LogP contribution in [-0.4, -0.2) is 17.4 Å². The molecule has 102 valence electrons. The van der Waals surface area contributed by atoms with Gasteiger partial charge in [0.2, 0.25) is 11.8 Å². The van der Waals surface area contributed by atoms with Crippen molar-refractivity contribution in [2.24, 2.45) is 0 Å². The van der Waals surface area contributed by atoms with Crippen LogP contribution in [0.25, 0.3) is 21.9 Å². The van der Waals surface area contributed by atoms with Gasteiger partial charge >= 0.3 is 0 Å². The smallest absolute Gasteiger partial charge is 0.229 e. The molecule has 1 amide bonds. The van der Waals surface area contributed by atoms with Gasteiger partial charge in [-0.25, -0.2) is 4.98 Å². The number of carbonyl (C=O) groups excluding carboxylic acids is 1. The Kier molecular flexibility index (Phi) is 3.37. The number of rotatable bonds is 4. The standard InChI is InChI=1S/C16H16N2O2/c1-2-9-17-14(19)10-15-18-16-12-6-4-3-5-11(12)7-8-13(16)20-15/h3-8H,2,9-10H2,1H3,(H,17,19). The molecule has 0 atom stereocenters. The number of amides is 1. The van der Waals surface area contributed by atoms with Gasteiger partial charge in [-0.05, 0) is 17.9 Å². The van der Waals surface area contributed by atoms with E-state index in [1.165, 1.54) is 0 Å². The average Bonchev–Trinajstić information content (AvgIpc) is 2.88. The molecule has 20 heavy (non-hydrogen) atoms. The number of oxazole rings is 1. The lowest BCUT2D eigenvalue weighted by Crippen LogP contribution is -2.25. The molecule has 4 heteroatoms. The van der Waals surface area contributed by atoms with Gasteiger partial charge in [-0.15, -0.1) is 0 Å². The number of carbonyl (C=O) groups is 1. The van der Waals surface area contributed by atoms with Crippen LogP contribution < -0.4 is 5.32 Å². The molecular formula is C16H16N2O2. The van der Waals surface area contributed by atoms with Crippen molar-refractivity contribution in [3.8, 4) is 0 Å². The van der Waals surface area contributed by atoms with Crippen LogP contribution in [0.2, 0.25) is 0 Å². The van der Waals surface area contributed by atoms with Gasteiger partial charge in [0.1, 0.15) is 11.9 Å². The van der Waals surface area contributed by atoms with Crippen molar-refractivity contribution in [1.29, 1.82) is 0 Å². The number of nitrogens with zero attached hydrogens (tertiary/aromatic N) is 1. The summed E-state index contributed by atoms with van der Waals surface area (Å²) in [6.45, 7) is 2.70. The Morgan fingerprint density at radius 3 is 2.95 bits per heavy atom. The molecule has 1 heterocycles. The highest BCUT2D eigenvalue weighted by atomic mass is 16.3. The van der Waals surface area contributed by atoms with Crippen molar-refractivity contribution < 1.29 is 9.21 Å². The second-order valence-corrected chi connectivity index (χ2v) is 4.77. The Morgan fingerprint density at radius 2 is 2.10 bits per heavy atom. The molecular weight excluding hydrogens is 252 g/mol. The molecule has 0 aliphatic rings. The molecule has 1 aromatic heterocycles. The minimum atomic E-state index is -0.0530. The third-order valence-corrected chi connectivity index (χ3v) is 3.21. The van der Waals surface area contributed by atoms with Crippen molar-refractivity contribution in [2.75, 3.05) is 6.54 Å². The monoisotopic (exact) mass is 268 g/mol. The zero-order chi connectivity index (χ0) is 13.9. The molecule has 0 aliphatic carbocycles. The summed E-state index contributed by atoms with van der Waals surface area (Å²) in [5, 5.41) is 4.99. The van der Waals surface area contributed by atoms with E-state index in [2.05, 4.69) is 10.3 Å². The predicted molar refractivity (Wildman–Crippen MR) is 78.5 cm³/mol. The van der Waals surface area contributed by atoms with Crippen LogP contribution in [0.15, 0.2) is 40.8 Å². The van der Waals surface area contributed by atoms with Crippen molar-refractivity contribution >= 4 is 27.8 Å². The molecule has 2 aromatic carbocycles. The van der Waals surface area contributed by atoms with Crippen LogP contribution in [0, 0.1) is 0 Å². The van der Waals surface area contributed by atoms with Crippen LogP contribution >= 0.6 is 0 Å². The van der Waals surface area contributed by atoms with Crippen molar-refractivity contribution in [3.05, 3.63) is 42.3 Å². The fourth-order valence-corrected chi connectivity index (χ4v) is 2.25. The molecule has 0 unspecified atom stereocenters. The van der Waals surface area contributed by atoms with Gasteiger partial charge in [0.05, 0.1) is 0 Å². The number of aromatic nitrogens is 1. The Hall–Kier alpha value is -2.36. The second-order valence-electron chi connectivity index (χ2n) is 4.77. The largest absolute Gasteiger partial charge is 0.440 e. The summed E-state index contributed by atoms with van der Waals surface area (Å²) in [6.07, 6.45) is 1.10. The summed E-state index contributed by atoms with van der Waals surface area (Å²) < 4.78 is 5.65. The van der Waals surface area contributed by atoms with Gasteiger partial charge in [0.15, 0.2) is 5.58 Å². The topological polar surface area (TPSA) is 55.1 Å². The van der Waals surface area contributed by atoms with E-state index < -0.39 is 0 Å². The van der Waals surface area contributed by atoms with Crippen LogP contribution in [0.5, 0.6) is 0 Å². The maximum atomic E-state index is 11.7. The maximum absolute atomic E-state index is 11.7. The molecule has 0 spiro atoms. The molecule has 0 aliphatic heterocycles. The summed E-state index contributed by atoms with van der Waals surface area (Å²) in [7, 11) is 0. The normalized spacial score (nSPS) is 11.1. The fraction of sp³-hybridized carbons (Fsp3) is 0.250. The van der Waals surface area contributed by atoms with Gasteiger partial charge in [-0.3, -0.25) is 4.79 Å². The van der Waals surface area contributed by atoms with E-state index in [0.29, 0.717) is 12.4 Å². The molecule has 0 fully saturated rings. The second kappa shape index (κ2) is 5.33. The van der Waals surface area contributed by atoms with E-state index in [0.717, 1.165) is 28.3 Å². The SMILES string of the molecule is CCCNC(=O)Cc1nc2c(ccc3ccccc32)o1. The van der Waals surface area contributed by atoms with Gasteiger partial charge in [-0.1, -0.05) is 37.3 Å². The highest BCUT2D eigenvalue weighted by Crippen LogP contribution is 2.25. The zero-order valence-corrected chi connectivity index (χ0v) is 11.3. The summed E-state index contributed by atoms with van der Waals surface area (Å²) >= 11 is 0. The third kappa shape index (κ3) is 2.37. The minimum absolute atomic E-state index is 0.0530. The first-order valence-electron chi connectivity index (χ1n) is 6.82. The van der Waals surface area contributed by atoms with Crippen LogP contribution in [-0.2, 0) is 11.2 Å². The van der Waals surface area contributed by atoms with E-state index in [1.54, 1.807) is 0 Å². The highest BCUT2D eigenvalue weighted by Gasteiger charge is 2.12. The lowest BCUT2D eigenvalue weighted by atomic mass is 10.1. The third-order valence-electron chi connectivity index (χ3n) is 3.21. The van der Waals surface area contributed by atoms with E-state index in [4.69, 9.17) is 4.42 Å². The summed E-state index contributed by atoms with van der Waals surface area (Å²) in [5.74, 6) is 0.410. The van der Waals surface area contributed by atoms with E-state index in [1.807, 2.05) is 43.3 Å². The summed E-state index contributed by atoms with van der Waals surface area (Å²) in [6, 6.07) is 11.9. The molecule has 3 aromatic rings. The average molecular weight is 268 g/mol. The first-order chi connectivity index (χ1) is 9.78. The Bertz CT molecular complexity index is 761. The fourth-order valence-electron chi connectivity index (χ4n) is 2.25. The van der Waals surface area contributed by atoms with Crippen LogP contribution in [0.1, 0.15) is 19.2 Å². The molecule has 0 saturated heterocycles. The molecule has 3 rings (SSSR count). The van der Waals surface area contributed by atoms with E-state index in [9.17, 15) is 4.79 Å². The lowest BCUT2D eigenvalue weighted by Gasteiger charge is -1.99. The van der Waals surface area contributed by atoms with Crippen LogP contribution in [0.3, 0.4) is 0 Å². The Balaban J connectivity index is 1.94. The Morgan fingerprint density at radius 1 is 1.25 bits per heavy atom. The van der Waals surface area contributed by atoms with Crippen LogP contribution in [0.4, 0.5) is 0 Å². The predicted octanol–water partition coefficient (Wildman–Crippen LogP) is 3.05. The highest BCUT2D eigenvalue weighted by molar-refractivity contribution is 6.03. The maximum Gasteiger partial charge on any atom is 0.229 e. The number of hydrogen-bond donors (Lipinski definition) is 1. The lowest BCUT2D eigenvalue weighted by molar-refractivity contribution is -0.120. The van der Waals surface area contributed by atoms with Gasteiger partial charge in [-0.2, -0.15) is 0 Å². The van der Waals surface area contributed by atoms with Gasteiger partial charge < -0.3 is 9.73 Å². The Labute approximate surface area is 116 Å². The molecule has 0 bridgehead atoms. The molecule has 1 N–H and O–H groups in total. The van der Waals surface area contributed by atoms with Crippen molar-refractivity contribution in [1.82, 2.24) is 10.3 Å². The zero-order valence-electron chi connectivity index (χ0n) is 11.3. The number of hydrogen-bond acceptors (Lipinski definition) is 3. The quantitative estimate of drug-likeness (QED) is 0.791. The summed E-state index contributed by atoms with van der Waals surface area (Å²) in [5.41, 5.74) is 1.54. The number of benzene rings is 2. The molecule has 4 nitrogen and oxygen atoms in total. The van der Waals surface area contributed by atoms with Crippen molar-refractivity contribution in [3.63, 3.8) is 0 Å². The first kappa shape index (κ1) is 12.7. The van der Waals surface area contributed by atoms with E-state index in [-0.39, 0.29) is 12.3 Å². The molecule has 0 saturated carbocycles.